The summed E-state index contributed by atoms with van der Waals surface area (Å²) in [6.07, 6.45) is 0. The molecule has 0 amide bonds. The Morgan fingerprint density at radius 2 is 2.50 bits per heavy atom. The monoisotopic (exact) mass is 119 g/mol. The van der Waals surface area contributed by atoms with Gasteiger partial charge in [-0.05, 0) is 0 Å². The van der Waals surface area contributed by atoms with Crippen LogP contribution < -0.4 is 5.73 Å². The summed E-state index contributed by atoms with van der Waals surface area (Å²) >= 11 is 4.25. The van der Waals surface area contributed by atoms with Crippen molar-refractivity contribution in [3.63, 3.8) is 0 Å². The summed E-state index contributed by atoms with van der Waals surface area (Å²) in [6, 6.07) is 0. The van der Waals surface area contributed by atoms with Crippen LogP contribution in [-0.2, 0) is 4.57 Å². The van der Waals surface area contributed by atoms with E-state index in [1.54, 1.807) is 0 Å². The van der Waals surface area contributed by atoms with Crippen LogP contribution in [0.2, 0.25) is 0 Å². The Kier molecular flexibility index (Phi) is 3.05. The van der Waals surface area contributed by atoms with Gasteiger partial charge in [0.2, 0.25) is 0 Å². The van der Waals surface area contributed by atoms with Crippen LogP contribution in [0.25, 0.3) is 0 Å². The van der Waals surface area contributed by atoms with Crippen molar-refractivity contribution in [3.8, 4) is 5.63 Å². The molecule has 0 saturated heterocycles. The second-order valence-corrected chi connectivity index (χ2v) is 1.41. The SMILES string of the molecule is NC(=S)C#P=O. The third kappa shape index (κ3) is 3.90. The zero-order valence-electron chi connectivity index (χ0n) is 2.84. The fraction of sp³-hybridized carbons (Fsp3) is 0. The molecule has 4 heteroatoms. The zero-order chi connectivity index (χ0) is 4.99. The molecule has 0 saturated carbocycles. The summed E-state index contributed by atoms with van der Waals surface area (Å²) in [5.74, 6) is 0. The number of hydrogen-bond acceptors (Lipinski definition) is 2. The molecule has 0 spiro atoms. The molecule has 0 aliphatic rings. The molecule has 0 aliphatic heterocycles. The summed E-state index contributed by atoms with van der Waals surface area (Å²) in [5.41, 5.74) is 6.95. The van der Waals surface area contributed by atoms with Gasteiger partial charge >= 0.3 is 41.0 Å². The van der Waals surface area contributed by atoms with Crippen molar-refractivity contribution in [2.45, 2.75) is 0 Å². The molecule has 2 N–H and O–H groups in total. The molecular formula is C2H2NOPS. The molecule has 0 aliphatic carbocycles. The van der Waals surface area contributed by atoms with E-state index in [4.69, 9.17) is 5.73 Å². The average molecular weight is 119 g/mol. The van der Waals surface area contributed by atoms with E-state index in [1.807, 2.05) is 0 Å². The number of thiocarbonyl (C=S) groups is 1. The summed E-state index contributed by atoms with van der Waals surface area (Å²) in [5, 5.41) is 0. The molecule has 0 fully saturated rings. The van der Waals surface area contributed by atoms with Gasteiger partial charge in [-0.15, -0.1) is 0 Å². The Morgan fingerprint density at radius 1 is 2.00 bits per heavy atom. The van der Waals surface area contributed by atoms with Crippen LogP contribution in [0, 0.1) is 5.63 Å². The second-order valence-electron chi connectivity index (χ2n) is 0.567. The molecule has 0 atom stereocenters. The van der Waals surface area contributed by atoms with Gasteiger partial charge in [-0.25, -0.2) is 0 Å². The van der Waals surface area contributed by atoms with Crippen molar-refractivity contribution >= 4 is 25.1 Å². The summed E-state index contributed by atoms with van der Waals surface area (Å²) in [6.45, 7) is 0. The molecule has 32 valence electrons. The Hall–Kier alpha value is -0.100. The Morgan fingerprint density at radius 3 is 2.50 bits per heavy atom. The van der Waals surface area contributed by atoms with Gasteiger partial charge in [0.1, 0.15) is 0 Å². The van der Waals surface area contributed by atoms with Gasteiger partial charge in [0.15, 0.2) is 0 Å². The van der Waals surface area contributed by atoms with Crippen LogP contribution in [-0.4, -0.2) is 4.99 Å². The van der Waals surface area contributed by atoms with Gasteiger partial charge < -0.3 is 0 Å². The van der Waals surface area contributed by atoms with E-state index in [0.717, 1.165) is 0 Å². The Labute approximate surface area is 41.8 Å². The minimum atomic E-state index is -0.242. The maximum absolute atomic E-state index is 9.43. The molecular weight excluding hydrogens is 117 g/mol. The summed E-state index contributed by atoms with van der Waals surface area (Å²) in [7, 11) is -0.242. The van der Waals surface area contributed by atoms with Crippen LogP contribution >= 0.6 is 20.1 Å². The second kappa shape index (κ2) is 3.10. The quantitative estimate of drug-likeness (QED) is 0.373. The molecule has 6 heavy (non-hydrogen) atoms. The van der Waals surface area contributed by atoms with Gasteiger partial charge in [-0.3, -0.25) is 0 Å². The van der Waals surface area contributed by atoms with Crippen molar-refractivity contribution in [2.75, 3.05) is 0 Å². The zero-order valence-corrected chi connectivity index (χ0v) is 4.55. The fourth-order valence-corrected chi connectivity index (χ4v) is 0.247. The molecule has 0 aromatic heterocycles. The summed E-state index contributed by atoms with van der Waals surface area (Å²) < 4.78 is 9.43. The molecule has 0 unspecified atom stereocenters. The van der Waals surface area contributed by atoms with E-state index in [0.29, 0.717) is 0 Å². The molecule has 0 rings (SSSR count). The third-order valence-electron chi connectivity index (χ3n) is 0.156. The summed E-state index contributed by atoms with van der Waals surface area (Å²) in [4.78, 5) is 0.0478. The molecule has 0 bridgehead atoms. The molecule has 2 nitrogen and oxygen atoms in total. The van der Waals surface area contributed by atoms with Crippen molar-refractivity contribution in [2.24, 2.45) is 5.73 Å². The minimum absolute atomic E-state index is 0.0478. The first-order chi connectivity index (χ1) is 2.77. The first-order valence-electron chi connectivity index (χ1n) is 1.15. The van der Waals surface area contributed by atoms with Crippen LogP contribution in [0.5, 0.6) is 0 Å². The normalized spacial score (nSPS) is 6.00. The molecule has 0 heterocycles. The standard InChI is InChI=1S/C2H2NOPS/c3-2(6)1-5-4/h(H2,3,6). The van der Waals surface area contributed by atoms with Crippen molar-refractivity contribution in [3.05, 3.63) is 0 Å². The van der Waals surface area contributed by atoms with Crippen LogP contribution in [0.4, 0.5) is 0 Å². The first kappa shape index (κ1) is 5.90. The fourth-order valence-electron chi connectivity index (χ4n) is 0.0450. The molecule has 0 aromatic carbocycles. The number of hydrogen-bond donors (Lipinski definition) is 1. The van der Waals surface area contributed by atoms with Crippen molar-refractivity contribution in [1.82, 2.24) is 0 Å². The van der Waals surface area contributed by atoms with Gasteiger partial charge in [-0.2, -0.15) is 0 Å². The predicted octanol–water partition coefficient (Wildman–Crippen LogP) is 0.523. The van der Waals surface area contributed by atoms with E-state index in [1.165, 1.54) is 0 Å². The topological polar surface area (TPSA) is 43.1 Å². The van der Waals surface area contributed by atoms with E-state index in [-0.39, 0.29) is 12.9 Å². The van der Waals surface area contributed by atoms with E-state index >= 15 is 0 Å². The van der Waals surface area contributed by atoms with E-state index < -0.39 is 0 Å². The van der Waals surface area contributed by atoms with Crippen molar-refractivity contribution < 1.29 is 4.57 Å². The van der Waals surface area contributed by atoms with Gasteiger partial charge in [-0.1, -0.05) is 0 Å². The Bertz CT molecular complexity index is 146. The average Bonchev–Trinajstić information content (AvgIpc) is 1.35. The van der Waals surface area contributed by atoms with E-state index in [9.17, 15) is 4.57 Å². The maximum atomic E-state index is 9.43. The van der Waals surface area contributed by atoms with Gasteiger partial charge in [0.05, 0.1) is 0 Å². The number of nitrogens with two attached hydrogens (primary N) is 1. The number of rotatable bonds is 0. The van der Waals surface area contributed by atoms with E-state index in [2.05, 4.69) is 17.8 Å². The molecule has 0 radical (unpaired) electrons. The van der Waals surface area contributed by atoms with Crippen LogP contribution in [0.1, 0.15) is 0 Å². The predicted molar refractivity (Wildman–Crippen MR) is 28.3 cm³/mol. The van der Waals surface area contributed by atoms with Crippen LogP contribution in [0.15, 0.2) is 0 Å². The van der Waals surface area contributed by atoms with Gasteiger partial charge in [0.25, 0.3) is 0 Å². The third-order valence-corrected chi connectivity index (χ3v) is 0.741. The molecule has 0 aromatic rings. The first-order valence-corrected chi connectivity index (χ1v) is 2.37. The van der Waals surface area contributed by atoms with Gasteiger partial charge in [0, 0.05) is 0 Å². The van der Waals surface area contributed by atoms with Crippen LogP contribution in [0.3, 0.4) is 0 Å². The van der Waals surface area contributed by atoms with Crippen molar-refractivity contribution in [1.29, 1.82) is 0 Å². The Balaban J connectivity index is 3.84.